The van der Waals surface area contributed by atoms with E-state index in [2.05, 4.69) is 5.16 Å². The molecule has 6 heteroatoms. The lowest BCUT2D eigenvalue weighted by Gasteiger charge is -2.02. The second kappa shape index (κ2) is 6.32. The maximum Gasteiger partial charge on any atom is 0.159 e. The van der Waals surface area contributed by atoms with Gasteiger partial charge in [0.25, 0.3) is 0 Å². The molecule has 0 fully saturated rings. The highest BCUT2D eigenvalue weighted by Crippen LogP contribution is 2.21. The van der Waals surface area contributed by atoms with E-state index in [0.29, 0.717) is 23.5 Å². The molecular weight excluding hydrogens is 234 g/mol. The molecule has 3 N–H and O–H groups in total. The summed E-state index contributed by atoms with van der Waals surface area (Å²) in [6.07, 6.45) is 1.19. The predicted molar refractivity (Wildman–Crippen MR) is 59.7 cm³/mol. The van der Waals surface area contributed by atoms with Crippen LogP contribution < -0.4 is 5.73 Å². The van der Waals surface area contributed by atoms with Gasteiger partial charge in [0.2, 0.25) is 0 Å². The third kappa shape index (κ3) is 4.06. The van der Waals surface area contributed by atoms with Gasteiger partial charge in [0.1, 0.15) is 5.84 Å². The van der Waals surface area contributed by atoms with Crippen molar-refractivity contribution in [3.63, 3.8) is 0 Å². The van der Waals surface area contributed by atoms with Crippen LogP contribution in [0.4, 0.5) is 8.78 Å². The molecule has 0 heterocycles. The highest BCUT2D eigenvalue weighted by atomic mass is 32.2. The zero-order valence-corrected chi connectivity index (χ0v) is 9.31. The first-order chi connectivity index (χ1) is 7.63. The number of nitrogens with zero attached hydrogens (tertiary/aromatic N) is 1. The monoisotopic (exact) mass is 246 g/mol. The van der Waals surface area contributed by atoms with Crippen molar-refractivity contribution in [2.45, 2.75) is 17.7 Å². The quantitative estimate of drug-likeness (QED) is 0.210. The summed E-state index contributed by atoms with van der Waals surface area (Å²) in [5, 5.41) is 11.1. The number of amidine groups is 1. The predicted octanol–water partition coefficient (Wildman–Crippen LogP) is 2.58. The van der Waals surface area contributed by atoms with Crippen LogP contribution in [0.3, 0.4) is 0 Å². The van der Waals surface area contributed by atoms with Gasteiger partial charge in [0.05, 0.1) is 0 Å². The van der Waals surface area contributed by atoms with Crippen molar-refractivity contribution in [2.75, 3.05) is 5.75 Å². The molecule has 0 radical (unpaired) electrons. The van der Waals surface area contributed by atoms with E-state index in [0.717, 1.165) is 12.1 Å². The fourth-order valence-corrected chi connectivity index (χ4v) is 1.94. The highest BCUT2D eigenvalue weighted by Gasteiger charge is 2.02. The van der Waals surface area contributed by atoms with Crippen LogP contribution in [0.25, 0.3) is 0 Å². The van der Waals surface area contributed by atoms with Crippen LogP contribution in [-0.4, -0.2) is 16.8 Å². The van der Waals surface area contributed by atoms with Gasteiger partial charge in [-0.2, -0.15) is 0 Å². The van der Waals surface area contributed by atoms with Gasteiger partial charge in [0, 0.05) is 11.3 Å². The minimum absolute atomic E-state index is 0.172. The summed E-state index contributed by atoms with van der Waals surface area (Å²) in [5.74, 6) is -0.824. The van der Waals surface area contributed by atoms with Crippen LogP contribution in [0.2, 0.25) is 0 Å². The molecule has 0 aliphatic heterocycles. The molecule has 0 aromatic heterocycles. The average molecular weight is 246 g/mol. The topological polar surface area (TPSA) is 58.6 Å². The number of oxime groups is 1. The van der Waals surface area contributed by atoms with Crippen LogP contribution in [0.1, 0.15) is 12.8 Å². The Morgan fingerprint density at radius 2 is 2.12 bits per heavy atom. The van der Waals surface area contributed by atoms with Crippen LogP contribution in [-0.2, 0) is 0 Å². The SMILES string of the molecule is N/C(CCCSc1ccc(F)c(F)c1)=N\O. The Bertz CT molecular complexity index is 385. The molecule has 0 amide bonds. The third-order valence-corrected chi connectivity index (χ3v) is 2.95. The minimum atomic E-state index is -0.846. The molecule has 3 nitrogen and oxygen atoms in total. The van der Waals surface area contributed by atoms with Gasteiger partial charge in [-0.05, 0) is 30.4 Å². The fourth-order valence-electron chi connectivity index (χ4n) is 1.06. The lowest BCUT2D eigenvalue weighted by Crippen LogP contribution is -2.11. The molecule has 1 aromatic carbocycles. The van der Waals surface area contributed by atoms with Gasteiger partial charge in [-0.3, -0.25) is 0 Å². The second-order valence-corrected chi connectivity index (χ2v) is 4.29. The highest BCUT2D eigenvalue weighted by molar-refractivity contribution is 7.99. The second-order valence-electron chi connectivity index (χ2n) is 3.12. The van der Waals surface area contributed by atoms with Crippen molar-refractivity contribution in [1.29, 1.82) is 0 Å². The zero-order valence-electron chi connectivity index (χ0n) is 8.49. The Kier molecular flexibility index (Phi) is 5.04. The molecule has 0 saturated heterocycles. The number of thioether (sulfide) groups is 1. The number of halogens is 2. The standard InChI is InChI=1S/C10H12F2N2OS/c11-8-4-3-7(6-9(8)12)16-5-1-2-10(13)14-15/h3-4,6,15H,1-2,5H2,(H2,13,14). The van der Waals surface area contributed by atoms with Crippen LogP contribution in [0.5, 0.6) is 0 Å². The van der Waals surface area contributed by atoms with Crippen molar-refractivity contribution in [1.82, 2.24) is 0 Å². The molecule has 0 unspecified atom stereocenters. The van der Waals surface area contributed by atoms with E-state index in [-0.39, 0.29) is 5.84 Å². The van der Waals surface area contributed by atoms with Gasteiger partial charge in [-0.25, -0.2) is 8.78 Å². The van der Waals surface area contributed by atoms with Crippen molar-refractivity contribution in [3.05, 3.63) is 29.8 Å². The first-order valence-electron chi connectivity index (χ1n) is 4.67. The summed E-state index contributed by atoms with van der Waals surface area (Å²) < 4.78 is 25.4. The number of hydrogen-bond donors (Lipinski definition) is 2. The molecule has 0 aliphatic carbocycles. The fraction of sp³-hybridized carbons (Fsp3) is 0.300. The summed E-state index contributed by atoms with van der Waals surface area (Å²) in [6, 6.07) is 3.78. The Hall–Kier alpha value is -1.30. The maximum atomic E-state index is 12.8. The molecule has 0 saturated carbocycles. The van der Waals surface area contributed by atoms with Crippen molar-refractivity contribution >= 4 is 17.6 Å². The molecule has 1 rings (SSSR count). The lowest BCUT2D eigenvalue weighted by atomic mass is 10.3. The van der Waals surface area contributed by atoms with Gasteiger partial charge < -0.3 is 10.9 Å². The van der Waals surface area contributed by atoms with E-state index in [1.165, 1.54) is 17.8 Å². The normalized spacial score (nSPS) is 11.8. The summed E-state index contributed by atoms with van der Waals surface area (Å²) in [5.41, 5.74) is 5.28. The minimum Gasteiger partial charge on any atom is -0.409 e. The van der Waals surface area contributed by atoms with E-state index >= 15 is 0 Å². The Balaban J connectivity index is 2.35. The van der Waals surface area contributed by atoms with Gasteiger partial charge in [0.15, 0.2) is 11.6 Å². The summed E-state index contributed by atoms with van der Waals surface area (Å²) >= 11 is 1.40. The Labute approximate surface area is 96.3 Å². The van der Waals surface area contributed by atoms with Gasteiger partial charge >= 0.3 is 0 Å². The summed E-state index contributed by atoms with van der Waals surface area (Å²) in [7, 11) is 0. The molecule has 1 aromatic rings. The van der Waals surface area contributed by atoms with Crippen molar-refractivity contribution in [3.8, 4) is 0 Å². The molecule has 88 valence electrons. The zero-order chi connectivity index (χ0) is 12.0. The van der Waals surface area contributed by atoms with E-state index in [1.807, 2.05) is 0 Å². The Morgan fingerprint density at radius 3 is 2.75 bits per heavy atom. The largest absolute Gasteiger partial charge is 0.409 e. The number of hydrogen-bond acceptors (Lipinski definition) is 3. The van der Waals surface area contributed by atoms with E-state index in [1.54, 1.807) is 0 Å². The average Bonchev–Trinajstić information content (AvgIpc) is 2.28. The number of benzene rings is 1. The molecular formula is C10H12F2N2OS. The smallest absolute Gasteiger partial charge is 0.159 e. The third-order valence-electron chi connectivity index (χ3n) is 1.87. The van der Waals surface area contributed by atoms with Crippen LogP contribution in [0, 0.1) is 11.6 Å². The molecule has 16 heavy (non-hydrogen) atoms. The first kappa shape index (κ1) is 12.8. The number of rotatable bonds is 5. The Morgan fingerprint density at radius 1 is 1.38 bits per heavy atom. The summed E-state index contributed by atoms with van der Waals surface area (Å²) in [4.78, 5) is 0.665. The molecule has 0 aliphatic rings. The van der Waals surface area contributed by atoms with Crippen molar-refractivity contribution < 1.29 is 14.0 Å². The van der Waals surface area contributed by atoms with E-state index < -0.39 is 11.6 Å². The van der Waals surface area contributed by atoms with Crippen LogP contribution in [0.15, 0.2) is 28.3 Å². The summed E-state index contributed by atoms with van der Waals surface area (Å²) in [6.45, 7) is 0. The molecule has 0 spiro atoms. The van der Waals surface area contributed by atoms with Gasteiger partial charge in [-0.1, -0.05) is 5.16 Å². The lowest BCUT2D eigenvalue weighted by molar-refractivity contribution is 0.317. The van der Waals surface area contributed by atoms with Gasteiger partial charge in [-0.15, -0.1) is 11.8 Å². The number of nitrogens with two attached hydrogens (primary N) is 1. The van der Waals surface area contributed by atoms with Crippen LogP contribution >= 0.6 is 11.8 Å². The van der Waals surface area contributed by atoms with Crippen molar-refractivity contribution in [2.24, 2.45) is 10.9 Å². The van der Waals surface area contributed by atoms with E-state index in [4.69, 9.17) is 10.9 Å². The first-order valence-corrected chi connectivity index (χ1v) is 5.66. The maximum absolute atomic E-state index is 12.8. The molecule has 0 atom stereocenters. The van der Waals surface area contributed by atoms with E-state index in [9.17, 15) is 8.78 Å². The molecule has 0 bridgehead atoms.